The lowest BCUT2D eigenvalue weighted by molar-refractivity contribution is -0.134. The second-order valence-electron chi connectivity index (χ2n) is 7.32. The van der Waals surface area contributed by atoms with Gasteiger partial charge in [0.05, 0.1) is 17.9 Å². The van der Waals surface area contributed by atoms with E-state index < -0.39 is 0 Å². The van der Waals surface area contributed by atoms with Gasteiger partial charge < -0.3 is 14.5 Å². The highest BCUT2D eigenvalue weighted by Crippen LogP contribution is 2.28. The van der Waals surface area contributed by atoms with Crippen molar-refractivity contribution in [3.8, 4) is 5.75 Å². The lowest BCUT2D eigenvalue weighted by Crippen LogP contribution is -2.40. The minimum absolute atomic E-state index is 0.0205. The van der Waals surface area contributed by atoms with Gasteiger partial charge in [0.15, 0.2) is 6.61 Å². The summed E-state index contributed by atoms with van der Waals surface area (Å²) in [6, 6.07) is 11.5. The van der Waals surface area contributed by atoms with Gasteiger partial charge in [0.2, 0.25) is 5.91 Å². The Hall–Kier alpha value is -2.83. The highest BCUT2D eigenvalue weighted by Gasteiger charge is 2.26. The third-order valence-corrected chi connectivity index (χ3v) is 5.30. The van der Waals surface area contributed by atoms with Crippen molar-refractivity contribution in [1.82, 2.24) is 19.6 Å². The molecule has 2 aromatic rings. The number of para-hydroxylation sites is 1. The largest absolute Gasteiger partial charge is 0.484 e. The van der Waals surface area contributed by atoms with Crippen LogP contribution in [0.1, 0.15) is 37.1 Å². The van der Waals surface area contributed by atoms with Crippen LogP contribution in [-0.4, -0.2) is 58.1 Å². The first-order valence-electron chi connectivity index (χ1n) is 9.64. The number of nitrogens with zero attached hydrogens (tertiary/aromatic N) is 4. The molecule has 0 atom stereocenters. The lowest BCUT2D eigenvalue weighted by Gasteiger charge is -2.31. The van der Waals surface area contributed by atoms with Gasteiger partial charge in [-0.2, -0.15) is 5.10 Å². The topological polar surface area (TPSA) is 67.7 Å². The molecule has 1 aliphatic heterocycles. The number of piperidine rings is 1. The summed E-state index contributed by atoms with van der Waals surface area (Å²) in [6.45, 7) is 3.60. The first kappa shape index (κ1) is 19.9. The average molecular weight is 384 g/mol. The molecule has 0 bridgehead atoms. The van der Waals surface area contributed by atoms with E-state index in [1.165, 1.54) is 0 Å². The summed E-state index contributed by atoms with van der Waals surface area (Å²) in [5.74, 6) is 1.10. The zero-order valence-corrected chi connectivity index (χ0v) is 16.8. The zero-order valence-electron chi connectivity index (χ0n) is 16.8. The summed E-state index contributed by atoms with van der Waals surface area (Å²) >= 11 is 0. The standard InChI is InChI=1S/C21H28N4O3/c1-16(26)23(2)14-18-13-20(22-24(18)3)17-9-11-25(12-10-17)21(27)15-28-19-7-5-4-6-8-19/h4-8,13,17H,9-12,14-15H2,1-3H3. The Morgan fingerprint density at radius 2 is 1.89 bits per heavy atom. The van der Waals surface area contributed by atoms with Gasteiger partial charge >= 0.3 is 0 Å². The van der Waals surface area contributed by atoms with Crippen LogP contribution in [0.5, 0.6) is 5.75 Å². The van der Waals surface area contributed by atoms with Crippen LogP contribution >= 0.6 is 0 Å². The van der Waals surface area contributed by atoms with Crippen LogP contribution in [0, 0.1) is 0 Å². The maximum Gasteiger partial charge on any atom is 0.260 e. The van der Waals surface area contributed by atoms with Crippen molar-refractivity contribution in [3.05, 3.63) is 47.8 Å². The monoisotopic (exact) mass is 384 g/mol. The van der Waals surface area contributed by atoms with E-state index in [4.69, 9.17) is 4.74 Å². The molecule has 0 saturated carbocycles. The van der Waals surface area contributed by atoms with Crippen molar-refractivity contribution >= 4 is 11.8 Å². The normalized spacial score (nSPS) is 14.8. The van der Waals surface area contributed by atoms with Gasteiger partial charge in [0, 0.05) is 40.0 Å². The minimum Gasteiger partial charge on any atom is -0.484 e. The van der Waals surface area contributed by atoms with Crippen LogP contribution in [0.2, 0.25) is 0 Å². The van der Waals surface area contributed by atoms with Crippen molar-refractivity contribution < 1.29 is 14.3 Å². The van der Waals surface area contributed by atoms with Gasteiger partial charge in [-0.25, -0.2) is 0 Å². The Kier molecular flexibility index (Phi) is 6.34. The third-order valence-electron chi connectivity index (χ3n) is 5.30. The van der Waals surface area contributed by atoms with Crippen LogP contribution < -0.4 is 4.74 Å². The number of rotatable bonds is 6. The third kappa shape index (κ3) is 4.91. The van der Waals surface area contributed by atoms with Gasteiger partial charge in [-0.3, -0.25) is 14.3 Å². The quantitative estimate of drug-likeness (QED) is 0.766. The van der Waals surface area contributed by atoms with E-state index in [0.717, 1.165) is 24.2 Å². The molecule has 1 fully saturated rings. The fourth-order valence-electron chi connectivity index (χ4n) is 3.41. The van der Waals surface area contributed by atoms with Gasteiger partial charge in [0.25, 0.3) is 5.91 Å². The Morgan fingerprint density at radius 3 is 2.54 bits per heavy atom. The van der Waals surface area contributed by atoms with Crippen molar-refractivity contribution in [2.24, 2.45) is 7.05 Å². The minimum atomic E-state index is 0.0205. The molecule has 7 heteroatoms. The zero-order chi connectivity index (χ0) is 20.1. The fraction of sp³-hybridized carbons (Fsp3) is 0.476. The number of likely N-dealkylation sites (tertiary alicyclic amines) is 1. The lowest BCUT2D eigenvalue weighted by atomic mass is 9.93. The molecular weight excluding hydrogens is 356 g/mol. The summed E-state index contributed by atoms with van der Waals surface area (Å²) in [7, 11) is 3.70. The molecule has 28 heavy (non-hydrogen) atoms. The number of amides is 2. The molecule has 0 N–H and O–H groups in total. The highest BCUT2D eigenvalue weighted by atomic mass is 16.5. The molecule has 2 heterocycles. The number of carbonyl (C=O) groups is 2. The SMILES string of the molecule is CC(=O)N(C)Cc1cc(C2CCN(C(=O)COc3ccccc3)CC2)nn1C. The fourth-order valence-corrected chi connectivity index (χ4v) is 3.41. The summed E-state index contributed by atoms with van der Waals surface area (Å²) < 4.78 is 7.42. The molecule has 0 aliphatic carbocycles. The van der Waals surface area contributed by atoms with E-state index in [-0.39, 0.29) is 18.4 Å². The summed E-state index contributed by atoms with van der Waals surface area (Å²) in [6.07, 6.45) is 1.77. The number of hydrogen-bond acceptors (Lipinski definition) is 4. The summed E-state index contributed by atoms with van der Waals surface area (Å²) in [5.41, 5.74) is 2.06. The van der Waals surface area contributed by atoms with E-state index in [1.54, 1.807) is 18.9 Å². The Bertz CT molecular complexity index is 810. The first-order chi connectivity index (χ1) is 13.4. The molecule has 3 rings (SSSR count). The van der Waals surface area contributed by atoms with Gasteiger partial charge in [0.1, 0.15) is 5.75 Å². The predicted octanol–water partition coefficient (Wildman–Crippen LogP) is 2.18. The molecule has 0 spiro atoms. The molecule has 0 radical (unpaired) electrons. The predicted molar refractivity (Wildman–Crippen MR) is 106 cm³/mol. The maximum atomic E-state index is 12.4. The van der Waals surface area contributed by atoms with Crippen LogP contribution in [-0.2, 0) is 23.2 Å². The molecule has 2 amide bonds. The number of carbonyl (C=O) groups excluding carboxylic acids is 2. The van der Waals surface area contributed by atoms with Crippen molar-refractivity contribution in [2.45, 2.75) is 32.2 Å². The van der Waals surface area contributed by atoms with Crippen LogP contribution in [0.4, 0.5) is 0 Å². The number of hydrogen-bond donors (Lipinski definition) is 0. The van der Waals surface area contributed by atoms with Crippen molar-refractivity contribution in [2.75, 3.05) is 26.7 Å². The Labute approximate surface area is 165 Å². The van der Waals surface area contributed by atoms with E-state index in [0.29, 0.717) is 31.3 Å². The number of benzene rings is 1. The van der Waals surface area contributed by atoms with Crippen LogP contribution in [0.15, 0.2) is 36.4 Å². The van der Waals surface area contributed by atoms with E-state index in [1.807, 2.05) is 47.0 Å². The van der Waals surface area contributed by atoms with Crippen molar-refractivity contribution in [1.29, 1.82) is 0 Å². The van der Waals surface area contributed by atoms with E-state index in [2.05, 4.69) is 11.2 Å². The molecular formula is C21H28N4O3. The van der Waals surface area contributed by atoms with Crippen LogP contribution in [0.3, 0.4) is 0 Å². The summed E-state index contributed by atoms with van der Waals surface area (Å²) in [5, 5.41) is 4.64. The second-order valence-corrected chi connectivity index (χ2v) is 7.32. The molecule has 1 saturated heterocycles. The molecule has 1 aromatic heterocycles. The Morgan fingerprint density at radius 1 is 1.21 bits per heavy atom. The summed E-state index contributed by atoms with van der Waals surface area (Å²) in [4.78, 5) is 27.4. The number of aromatic nitrogens is 2. The smallest absolute Gasteiger partial charge is 0.260 e. The van der Waals surface area contributed by atoms with Crippen molar-refractivity contribution in [3.63, 3.8) is 0 Å². The highest BCUT2D eigenvalue weighted by molar-refractivity contribution is 5.77. The van der Waals surface area contributed by atoms with Gasteiger partial charge in [-0.1, -0.05) is 18.2 Å². The first-order valence-corrected chi connectivity index (χ1v) is 9.64. The molecule has 1 aliphatic rings. The molecule has 7 nitrogen and oxygen atoms in total. The Balaban J connectivity index is 1.51. The average Bonchev–Trinajstić information content (AvgIpc) is 3.07. The van der Waals surface area contributed by atoms with Crippen LogP contribution in [0.25, 0.3) is 0 Å². The molecule has 0 unspecified atom stereocenters. The maximum absolute atomic E-state index is 12.4. The number of aryl methyl sites for hydroxylation is 1. The number of ether oxygens (including phenoxy) is 1. The second kappa shape index (κ2) is 8.91. The van der Waals surface area contributed by atoms with E-state index in [9.17, 15) is 9.59 Å². The van der Waals surface area contributed by atoms with Gasteiger partial charge in [-0.05, 0) is 31.0 Å². The molecule has 150 valence electrons. The van der Waals surface area contributed by atoms with Gasteiger partial charge in [-0.15, -0.1) is 0 Å². The molecule has 1 aromatic carbocycles. The van der Waals surface area contributed by atoms with E-state index >= 15 is 0 Å².